The van der Waals surface area contributed by atoms with Crippen LogP contribution in [0.5, 0.6) is 0 Å². The molecule has 0 aliphatic carbocycles. The summed E-state index contributed by atoms with van der Waals surface area (Å²) in [6.45, 7) is 4.49. The number of hydrogen-bond acceptors (Lipinski definition) is 3. The molecule has 1 aromatic carbocycles. The molecule has 4 heteroatoms. The van der Waals surface area contributed by atoms with Gasteiger partial charge in [0.15, 0.2) is 0 Å². The predicted molar refractivity (Wildman–Crippen MR) is 88.4 cm³/mol. The zero-order valence-corrected chi connectivity index (χ0v) is 12.5. The minimum atomic E-state index is 0.769. The van der Waals surface area contributed by atoms with E-state index in [2.05, 4.69) is 38.9 Å². The lowest BCUT2D eigenvalue weighted by atomic mass is 10.1. The van der Waals surface area contributed by atoms with E-state index in [-0.39, 0.29) is 0 Å². The number of benzene rings is 1. The fourth-order valence-corrected chi connectivity index (χ4v) is 2.18. The molecule has 1 N–H and O–H groups in total. The third kappa shape index (κ3) is 3.69. The van der Waals surface area contributed by atoms with Crippen molar-refractivity contribution in [1.29, 1.82) is 0 Å². The Morgan fingerprint density at radius 2 is 2.05 bits per heavy atom. The Hall–Kier alpha value is -2.62. The summed E-state index contributed by atoms with van der Waals surface area (Å²) in [6.07, 6.45) is 3.32. The molecule has 0 atom stereocenters. The van der Waals surface area contributed by atoms with Gasteiger partial charge in [0, 0.05) is 33.0 Å². The van der Waals surface area contributed by atoms with Crippen LogP contribution in [0.25, 0.3) is 0 Å². The number of aliphatic imine (C=N–C) groups is 1. The van der Waals surface area contributed by atoms with Crippen molar-refractivity contribution in [3.63, 3.8) is 0 Å². The van der Waals surface area contributed by atoms with E-state index in [0.29, 0.717) is 0 Å². The number of anilines is 1. The van der Waals surface area contributed by atoms with Crippen molar-refractivity contribution in [2.24, 2.45) is 4.99 Å². The van der Waals surface area contributed by atoms with E-state index in [1.807, 2.05) is 44.4 Å². The van der Waals surface area contributed by atoms with Crippen LogP contribution in [0.2, 0.25) is 0 Å². The second-order valence-corrected chi connectivity index (χ2v) is 4.63. The van der Waals surface area contributed by atoms with Gasteiger partial charge >= 0.3 is 0 Å². The lowest BCUT2D eigenvalue weighted by Gasteiger charge is -2.22. The Morgan fingerprint density at radius 3 is 2.71 bits per heavy atom. The summed E-state index contributed by atoms with van der Waals surface area (Å²) >= 11 is 0. The molecule has 108 valence electrons. The predicted octanol–water partition coefficient (Wildman–Crippen LogP) is 3.15. The van der Waals surface area contributed by atoms with Crippen molar-refractivity contribution in [2.45, 2.75) is 6.54 Å². The maximum atomic E-state index is 4.43. The number of rotatable bonds is 5. The number of pyridine rings is 1. The zero-order valence-electron chi connectivity index (χ0n) is 12.5. The van der Waals surface area contributed by atoms with Crippen molar-refractivity contribution in [3.8, 4) is 0 Å². The van der Waals surface area contributed by atoms with E-state index in [9.17, 15) is 0 Å². The molecule has 0 aliphatic rings. The van der Waals surface area contributed by atoms with Crippen molar-refractivity contribution in [2.75, 3.05) is 19.4 Å². The molecule has 1 heterocycles. The van der Waals surface area contributed by atoms with Crippen LogP contribution < -0.4 is 5.32 Å². The monoisotopic (exact) mass is 280 g/mol. The lowest BCUT2D eigenvalue weighted by molar-refractivity contribution is 0.501. The Morgan fingerprint density at radius 1 is 1.29 bits per heavy atom. The first kappa shape index (κ1) is 14.8. The molecule has 0 amide bonds. The van der Waals surface area contributed by atoms with Gasteiger partial charge in [0.2, 0.25) is 0 Å². The fourth-order valence-electron chi connectivity index (χ4n) is 2.18. The summed E-state index contributed by atoms with van der Waals surface area (Å²) in [4.78, 5) is 10.9. The second-order valence-electron chi connectivity index (χ2n) is 4.63. The molecule has 21 heavy (non-hydrogen) atoms. The Balaban J connectivity index is 2.31. The maximum absolute atomic E-state index is 4.43. The highest BCUT2D eigenvalue weighted by Gasteiger charge is 2.13. The van der Waals surface area contributed by atoms with Gasteiger partial charge in [0.1, 0.15) is 11.7 Å². The average molecular weight is 280 g/mol. The molecular formula is C17H20N4. The largest absolute Gasteiger partial charge is 0.373 e. The van der Waals surface area contributed by atoms with Crippen molar-refractivity contribution < 1.29 is 0 Å². The molecule has 0 fully saturated rings. The lowest BCUT2D eigenvalue weighted by Crippen LogP contribution is -2.28. The minimum Gasteiger partial charge on any atom is -0.373 e. The summed E-state index contributed by atoms with van der Waals surface area (Å²) in [5.41, 5.74) is 2.19. The summed E-state index contributed by atoms with van der Waals surface area (Å²) < 4.78 is 0. The Labute approximate surface area is 125 Å². The average Bonchev–Trinajstić information content (AvgIpc) is 2.53. The molecule has 0 saturated heterocycles. The van der Waals surface area contributed by atoms with E-state index in [4.69, 9.17) is 0 Å². The smallest absolute Gasteiger partial charge is 0.139 e. The van der Waals surface area contributed by atoms with Gasteiger partial charge in [0.05, 0.1) is 5.56 Å². The molecule has 0 radical (unpaired) electrons. The molecule has 2 aromatic rings. The van der Waals surface area contributed by atoms with Gasteiger partial charge in [-0.15, -0.1) is 0 Å². The Bertz CT molecular complexity index is 620. The molecule has 4 nitrogen and oxygen atoms in total. The standard InChI is InChI=1S/C17H20N4/c1-4-19-17(15-11-8-12-20-16(15)18-2)21(3)13-14-9-6-5-7-10-14/h4-12H,1,13H2,2-3H3,(H,18,20). The van der Waals surface area contributed by atoms with E-state index >= 15 is 0 Å². The molecule has 0 saturated carbocycles. The molecule has 0 bridgehead atoms. The summed E-state index contributed by atoms with van der Waals surface area (Å²) in [5.74, 6) is 1.64. The highest BCUT2D eigenvalue weighted by molar-refractivity contribution is 6.02. The maximum Gasteiger partial charge on any atom is 0.139 e. The van der Waals surface area contributed by atoms with E-state index in [0.717, 1.165) is 23.8 Å². The van der Waals surface area contributed by atoms with Crippen molar-refractivity contribution in [1.82, 2.24) is 9.88 Å². The van der Waals surface area contributed by atoms with Crippen molar-refractivity contribution >= 4 is 11.7 Å². The van der Waals surface area contributed by atoms with Crippen LogP contribution in [0.1, 0.15) is 11.1 Å². The van der Waals surface area contributed by atoms with Gasteiger partial charge in [-0.3, -0.25) is 0 Å². The second kappa shape index (κ2) is 7.24. The highest BCUT2D eigenvalue weighted by atomic mass is 15.2. The van der Waals surface area contributed by atoms with E-state index in [1.165, 1.54) is 5.56 Å². The van der Waals surface area contributed by atoms with Gasteiger partial charge in [-0.1, -0.05) is 36.9 Å². The highest BCUT2D eigenvalue weighted by Crippen LogP contribution is 2.16. The third-order valence-corrected chi connectivity index (χ3v) is 3.12. The van der Waals surface area contributed by atoms with E-state index in [1.54, 1.807) is 12.4 Å². The number of hydrogen-bond donors (Lipinski definition) is 1. The Kier molecular flexibility index (Phi) is 5.10. The summed E-state index contributed by atoms with van der Waals surface area (Å²) in [6, 6.07) is 14.2. The molecule has 0 aliphatic heterocycles. The SMILES string of the molecule is C=CN=C(c1cccnc1NC)N(C)Cc1ccccc1. The van der Waals surface area contributed by atoms with Crippen LogP contribution in [0, 0.1) is 0 Å². The quantitative estimate of drug-likeness (QED) is 0.675. The van der Waals surface area contributed by atoms with Crippen LogP contribution in [0.15, 0.2) is 66.4 Å². The van der Waals surface area contributed by atoms with Crippen LogP contribution in [-0.2, 0) is 6.54 Å². The summed E-state index contributed by atoms with van der Waals surface area (Å²) in [7, 11) is 3.87. The van der Waals surface area contributed by atoms with Gasteiger partial charge < -0.3 is 10.2 Å². The van der Waals surface area contributed by atoms with E-state index < -0.39 is 0 Å². The first-order valence-electron chi connectivity index (χ1n) is 6.83. The topological polar surface area (TPSA) is 40.5 Å². The first-order chi connectivity index (χ1) is 10.3. The fraction of sp³-hybridized carbons (Fsp3) is 0.176. The minimum absolute atomic E-state index is 0.769. The number of aromatic nitrogens is 1. The summed E-state index contributed by atoms with van der Waals surface area (Å²) in [5, 5.41) is 3.10. The first-order valence-corrected chi connectivity index (χ1v) is 6.83. The molecule has 2 rings (SSSR count). The number of nitrogens with one attached hydrogen (secondary N) is 1. The molecule has 0 spiro atoms. The van der Waals surface area contributed by atoms with Gasteiger partial charge in [-0.05, 0) is 17.7 Å². The van der Waals surface area contributed by atoms with Crippen LogP contribution in [0.4, 0.5) is 5.82 Å². The third-order valence-electron chi connectivity index (χ3n) is 3.12. The van der Waals surface area contributed by atoms with Gasteiger partial charge in [0.25, 0.3) is 0 Å². The normalized spacial score (nSPS) is 11.0. The van der Waals surface area contributed by atoms with Crippen LogP contribution >= 0.6 is 0 Å². The van der Waals surface area contributed by atoms with Crippen LogP contribution in [0.3, 0.4) is 0 Å². The molecular weight excluding hydrogens is 260 g/mol. The van der Waals surface area contributed by atoms with Crippen molar-refractivity contribution in [3.05, 3.63) is 72.6 Å². The van der Waals surface area contributed by atoms with Gasteiger partial charge in [-0.2, -0.15) is 0 Å². The zero-order chi connectivity index (χ0) is 15.1. The number of amidine groups is 1. The van der Waals surface area contributed by atoms with Crippen LogP contribution in [-0.4, -0.2) is 29.8 Å². The number of nitrogens with zero attached hydrogens (tertiary/aromatic N) is 3. The van der Waals surface area contributed by atoms with Gasteiger partial charge in [-0.25, -0.2) is 9.98 Å². The molecule has 0 unspecified atom stereocenters. The molecule has 1 aromatic heterocycles.